The Morgan fingerprint density at radius 2 is 2.11 bits per heavy atom. The number of amides is 1. The standard InChI is InChI=1S/C14H18N2O3/c1-2-10-9-16(8-7-13(10)15-19)14(18)11-3-5-12(17)6-4-11/h3-6,10,17,19H,2,7-9H2,1H3/b15-13+. The molecule has 0 aliphatic carbocycles. The van der Waals surface area contributed by atoms with Crippen LogP contribution in [0.2, 0.25) is 0 Å². The van der Waals surface area contributed by atoms with Crippen molar-refractivity contribution in [2.45, 2.75) is 19.8 Å². The predicted octanol–water partition coefficient (Wildman–Crippen LogP) is 2.09. The van der Waals surface area contributed by atoms with Crippen LogP contribution >= 0.6 is 0 Å². The Labute approximate surface area is 112 Å². The zero-order valence-corrected chi connectivity index (χ0v) is 10.9. The quantitative estimate of drug-likeness (QED) is 0.633. The second kappa shape index (κ2) is 5.73. The van der Waals surface area contributed by atoms with Gasteiger partial charge in [-0.05, 0) is 30.7 Å². The largest absolute Gasteiger partial charge is 0.508 e. The third-order valence-corrected chi connectivity index (χ3v) is 3.57. The molecule has 1 amide bonds. The highest BCUT2D eigenvalue weighted by Crippen LogP contribution is 2.20. The molecule has 102 valence electrons. The molecule has 0 aromatic heterocycles. The van der Waals surface area contributed by atoms with Gasteiger partial charge in [0.1, 0.15) is 5.75 Å². The van der Waals surface area contributed by atoms with E-state index in [4.69, 9.17) is 5.21 Å². The van der Waals surface area contributed by atoms with Crippen molar-refractivity contribution in [3.8, 4) is 5.75 Å². The predicted molar refractivity (Wildman–Crippen MR) is 71.6 cm³/mol. The van der Waals surface area contributed by atoms with Gasteiger partial charge in [-0.3, -0.25) is 4.79 Å². The van der Waals surface area contributed by atoms with Gasteiger partial charge in [0.25, 0.3) is 5.91 Å². The van der Waals surface area contributed by atoms with E-state index in [1.54, 1.807) is 17.0 Å². The first-order valence-electron chi connectivity index (χ1n) is 6.44. The number of piperidine rings is 1. The number of nitrogens with zero attached hydrogens (tertiary/aromatic N) is 2. The Bertz CT molecular complexity index is 482. The van der Waals surface area contributed by atoms with E-state index in [2.05, 4.69) is 5.16 Å². The van der Waals surface area contributed by atoms with Gasteiger partial charge in [0, 0.05) is 31.0 Å². The molecule has 1 fully saturated rings. The van der Waals surface area contributed by atoms with Gasteiger partial charge in [-0.1, -0.05) is 12.1 Å². The third-order valence-electron chi connectivity index (χ3n) is 3.57. The molecule has 5 heteroatoms. The van der Waals surface area contributed by atoms with Crippen molar-refractivity contribution in [2.24, 2.45) is 11.1 Å². The minimum atomic E-state index is -0.0459. The van der Waals surface area contributed by atoms with Crippen molar-refractivity contribution in [1.82, 2.24) is 4.90 Å². The van der Waals surface area contributed by atoms with E-state index in [-0.39, 0.29) is 17.6 Å². The van der Waals surface area contributed by atoms with E-state index in [0.717, 1.165) is 12.1 Å². The summed E-state index contributed by atoms with van der Waals surface area (Å²) in [4.78, 5) is 14.1. The van der Waals surface area contributed by atoms with Gasteiger partial charge in [0.15, 0.2) is 0 Å². The average Bonchev–Trinajstić information content (AvgIpc) is 2.46. The highest BCUT2D eigenvalue weighted by atomic mass is 16.4. The van der Waals surface area contributed by atoms with Gasteiger partial charge in [-0.25, -0.2) is 0 Å². The molecule has 0 radical (unpaired) electrons. The summed E-state index contributed by atoms with van der Waals surface area (Å²) in [6.07, 6.45) is 1.46. The molecule has 0 spiro atoms. The van der Waals surface area contributed by atoms with Gasteiger partial charge in [0.2, 0.25) is 0 Å². The minimum absolute atomic E-state index is 0.0459. The van der Waals surface area contributed by atoms with Gasteiger partial charge < -0.3 is 15.2 Å². The zero-order chi connectivity index (χ0) is 13.8. The lowest BCUT2D eigenvalue weighted by Gasteiger charge is -2.32. The molecule has 2 rings (SSSR count). The molecule has 19 heavy (non-hydrogen) atoms. The van der Waals surface area contributed by atoms with Crippen LogP contribution in [0, 0.1) is 5.92 Å². The van der Waals surface area contributed by atoms with Crippen LogP contribution in [0.1, 0.15) is 30.1 Å². The topological polar surface area (TPSA) is 73.1 Å². The number of carbonyl (C=O) groups excluding carboxylic acids is 1. The molecule has 1 unspecified atom stereocenters. The average molecular weight is 262 g/mol. The molecule has 1 heterocycles. The third kappa shape index (κ3) is 2.86. The maximum absolute atomic E-state index is 12.3. The summed E-state index contributed by atoms with van der Waals surface area (Å²) < 4.78 is 0. The van der Waals surface area contributed by atoms with E-state index in [1.165, 1.54) is 12.1 Å². The molecule has 1 aromatic rings. The molecule has 1 aliphatic rings. The normalized spacial score (nSPS) is 21.6. The number of rotatable bonds is 2. The van der Waals surface area contributed by atoms with Crippen molar-refractivity contribution in [3.05, 3.63) is 29.8 Å². The van der Waals surface area contributed by atoms with Crippen LogP contribution < -0.4 is 0 Å². The summed E-state index contributed by atoms with van der Waals surface area (Å²) in [5.74, 6) is 0.228. The molecular weight excluding hydrogens is 244 g/mol. The van der Waals surface area contributed by atoms with Crippen molar-refractivity contribution < 1.29 is 15.1 Å². The van der Waals surface area contributed by atoms with Crippen LogP contribution in [0.4, 0.5) is 0 Å². The fourth-order valence-electron chi connectivity index (χ4n) is 2.38. The first-order chi connectivity index (χ1) is 9.15. The maximum Gasteiger partial charge on any atom is 0.253 e. The second-order valence-electron chi connectivity index (χ2n) is 4.74. The van der Waals surface area contributed by atoms with Crippen LogP contribution in [0.5, 0.6) is 5.75 Å². The minimum Gasteiger partial charge on any atom is -0.508 e. The van der Waals surface area contributed by atoms with Gasteiger partial charge >= 0.3 is 0 Å². The van der Waals surface area contributed by atoms with Crippen molar-refractivity contribution >= 4 is 11.6 Å². The Balaban J connectivity index is 2.10. The summed E-state index contributed by atoms with van der Waals surface area (Å²) in [5, 5.41) is 21.5. The molecule has 1 aromatic carbocycles. The number of carbonyl (C=O) groups is 1. The van der Waals surface area contributed by atoms with E-state index in [9.17, 15) is 9.90 Å². The molecule has 1 atom stereocenters. The molecule has 1 aliphatic heterocycles. The van der Waals surface area contributed by atoms with Crippen LogP contribution in [-0.2, 0) is 0 Å². The Morgan fingerprint density at radius 1 is 1.42 bits per heavy atom. The first kappa shape index (κ1) is 13.4. The van der Waals surface area contributed by atoms with E-state index < -0.39 is 0 Å². The fraction of sp³-hybridized carbons (Fsp3) is 0.429. The lowest BCUT2D eigenvalue weighted by molar-refractivity contribution is 0.0729. The number of phenols is 1. The number of benzene rings is 1. The molecule has 1 saturated heterocycles. The van der Waals surface area contributed by atoms with Gasteiger partial charge in [-0.2, -0.15) is 0 Å². The molecule has 2 N–H and O–H groups in total. The SMILES string of the molecule is CCC1CN(C(=O)c2ccc(O)cc2)CC/C1=N\O. The van der Waals surface area contributed by atoms with E-state index in [0.29, 0.717) is 25.1 Å². The summed E-state index contributed by atoms with van der Waals surface area (Å²) in [6.45, 7) is 3.16. The van der Waals surface area contributed by atoms with Gasteiger partial charge in [-0.15, -0.1) is 0 Å². The van der Waals surface area contributed by atoms with Crippen LogP contribution in [0.15, 0.2) is 29.4 Å². The van der Waals surface area contributed by atoms with E-state index >= 15 is 0 Å². The number of hydrogen-bond acceptors (Lipinski definition) is 4. The van der Waals surface area contributed by atoms with Crippen molar-refractivity contribution in [2.75, 3.05) is 13.1 Å². The maximum atomic E-state index is 12.3. The summed E-state index contributed by atoms with van der Waals surface area (Å²) in [7, 11) is 0. The summed E-state index contributed by atoms with van der Waals surface area (Å²) in [5.41, 5.74) is 1.34. The summed E-state index contributed by atoms with van der Waals surface area (Å²) >= 11 is 0. The highest BCUT2D eigenvalue weighted by molar-refractivity contribution is 5.96. The van der Waals surface area contributed by atoms with Crippen LogP contribution in [0.25, 0.3) is 0 Å². The van der Waals surface area contributed by atoms with Crippen LogP contribution in [0.3, 0.4) is 0 Å². The summed E-state index contributed by atoms with van der Waals surface area (Å²) in [6, 6.07) is 6.26. The number of phenolic OH excluding ortho intramolecular Hbond substituents is 1. The van der Waals surface area contributed by atoms with Gasteiger partial charge in [0.05, 0.1) is 5.71 Å². The Kier molecular flexibility index (Phi) is 4.04. The second-order valence-corrected chi connectivity index (χ2v) is 4.74. The first-order valence-corrected chi connectivity index (χ1v) is 6.44. The number of oxime groups is 1. The van der Waals surface area contributed by atoms with E-state index in [1.807, 2.05) is 6.92 Å². The lowest BCUT2D eigenvalue weighted by Crippen LogP contribution is -2.44. The fourth-order valence-corrected chi connectivity index (χ4v) is 2.38. The Morgan fingerprint density at radius 3 is 2.68 bits per heavy atom. The Hall–Kier alpha value is -2.04. The zero-order valence-electron chi connectivity index (χ0n) is 10.9. The number of likely N-dealkylation sites (tertiary alicyclic amines) is 1. The molecule has 0 saturated carbocycles. The van der Waals surface area contributed by atoms with Crippen molar-refractivity contribution in [3.63, 3.8) is 0 Å². The molecular formula is C14H18N2O3. The lowest BCUT2D eigenvalue weighted by atomic mass is 9.93. The number of hydrogen-bond donors (Lipinski definition) is 2. The smallest absolute Gasteiger partial charge is 0.253 e. The van der Waals surface area contributed by atoms with Crippen LogP contribution in [-0.4, -0.2) is 39.9 Å². The highest BCUT2D eigenvalue weighted by Gasteiger charge is 2.28. The molecule has 0 bridgehead atoms. The monoisotopic (exact) mass is 262 g/mol. The van der Waals surface area contributed by atoms with Crippen molar-refractivity contribution in [1.29, 1.82) is 0 Å². The molecule has 5 nitrogen and oxygen atoms in total. The number of aromatic hydroxyl groups is 1.